The van der Waals surface area contributed by atoms with Crippen LogP contribution < -0.4 is 15.1 Å². The van der Waals surface area contributed by atoms with Gasteiger partial charge < -0.3 is 15.1 Å². The molecule has 2 fully saturated rings. The molecule has 2 aliphatic rings. The van der Waals surface area contributed by atoms with E-state index < -0.39 is 0 Å². The predicted molar refractivity (Wildman–Crippen MR) is 93.4 cm³/mol. The van der Waals surface area contributed by atoms with E-state index in [0.29, 0.717) is 11.7 Å². The summed E-state index contributed by atoms with van der Waals surface area (Å²) in [6.07, 6.45) is 5.43. The zero-order valence-corrected chi connectivity index (χ0v) is 13.6. The summed E-state index contributed by atoms with van der Waals surface area (Å²) in [5.74, 6) is 0.719. The van der Waals surface area contributed by atoms with E-state index in [9.17, 15) is 4.79 Å². The maximum atomic E-state index is 11.9. The van der Waals surface area contributed by atoms with Crippen LogP contribution in [0.3, 0.4) is 0 Å². The Balaban J connectivity index is 1.36. The fraction of sp³-hybridized carbons (Fsp3) is 0.389. The summed E-state index contributed by atoms with van der Waals surface area (Å²) in [4.78, 5) is 25.3. The summed E-state index contributed by atoms with van der Waals surface area (Å²) in [6, 6.07) is 10.8. The number of hydrogen-bond acceptors (Lipinski definition) is 5. The van der Waals surface area contributed by atoms with Gasteiger partial charge in [0.2, 0.25) is 0 Å². The molecule has 24 heavy (non-hydrogen) atoms. The van der Waals surface area contributed by atoms with Crippen molar-refractivity contribution in [3.05, 3.63) is 48.4 Å². The zero-order chi connectivity index (χ0) is 16.4. The number of aromatic nitrogens is 2. The van der Waals surface area contributed by atoms with Crippen LogP contribution in [0.1, 0.15) is 23.3 Å². The summed E-state index contributed by atoms with van der Waals surface area (Å²) >= 11 is 0. The highest BCUT2D eigenvalue weighted by Gasteiger charge is 2.25. The fourth-order valence-electron chi connectivity index (χ4n) is 2.92. The van der Waals surface area contributed by atoms with Crippen molar-refractivity contribution < 1.29 is 4.79 Å². The van der Waals surface area contributed by atoms with Crippen molar-refractivity contribution in [1.29, 1.82) is 0 Å². The standard InChI is InChI=1S/C18H21N5O/c24-18(21-14-6-7-14)16-12-20-17(13-19-16)23-10-8-22(9-11-23)15-4-2-1-3-5-15/h1-5,12-14H,6-11H2,(H,21,24). The van der Waals surface area contributed by atoms with Crippen LogP contribution in [0.2, 0.25) is 0 Å². The minimum Gasteiger partial charge on any atom is -0.368 e. The molecular formula is C18H21N5O. The largest absolute Gasteiger partial charge is 0.368 e. The first-order valence-corrected chi connectivity index (χ1v) is 8.47. The summed E-state index contributed by atoms with van der Waals surface area (Å²) < 4.78 is 0. The Hall–Kier alpha value is -2.63. The van der Waals surface area contributed by atoms with Gasteiger partial charge in [0.1, 0.15) is 11.5 Å². The topological polar surface area (TPSA) is 61.4 Å². The number of nitrogens with zero attached hydrogens (tertiary/aromatic N) is 4. The molecule has 6 heteroatoms. The third-order valence-corrected chi connectivity index (χ3v) is 4.51. The lowest BCUT2D eigenvalue weighted by atomic mass is 10.2. The van der Waals surface area contributed by atoms with Crippen LogP contribution in [0.5, 0.6) is 0 Å². The molecule has 1 saturated carbocycles. The molecule has 0 unspecified atom stereocenters. The molecule has 2 aromatic rings. The Morgan fingerprint density at radius 1 is 0.958 bits per heavy atom. The molecule has 0 atom stereocenters. The van der Waals surface area contributed by atoms with Gasteiger partial charge in [0, 0.05) is 37.9 Å². The molecule has 0 spiro atoms. The lowest BCUT2D eigenvalue weighted by Gasteiger charge is -2.36. The Labute approximate surface area is 141 Å². The van der Waals surface area contributed by atoms with Crippen molar-refractivity contribution in [2.75, 3.05) is 36.0 Å². The molecule has 124 valence electrons. The normalized spacial score (nSPS) is 17.7. The lowest BCUT2D eigenvalue weighted by Crippen LogP contribution is -2.46. The van der Waals surface area contributed by atoms with Gasteiger partial charge in [0.05, 0.1) is 12.4 Å². The van der Waals surface area contributed by atoms with Crippen LogP contribution >= 0.6 is 0 Å². The van der Waals surface area contributed by atoms with Gasteiger partial charge in [-0.15, -0.1) is 0 Å². The fourth-order valence-corrected chi connectivity index (χ4v) is 2.92. The molecule has 6 nitrogen and oxygen atoms in total. The van der Waals surface area contributed by atoms with Gasteiger partial charge in [-0.3, -0.25) is 4.79 Å². The van der Waals surface area contributed by atoms with Crippen molar-refractivity contribution in [3.8, 4) is 0 Å². The predicted octanol–water partition coefficient (Wildman–Crippen LogP) is 1.70. The summed E-state index contributed by atoms with van der Waals surface area (Å²) in [5.41, 5.74) is 1.66. The highest BCUT2D eigenvalue weighted by Crippen LogP contribution is 2.20. The van der Waals surface area contributed by atoms with Gasteiger partial charge in [0.25, 0.3) is 5.91 Å². The van der Waals surface area contributed by atoms with Crippen LogP contribution in [0.25, 0.3) is 0 Å². The first kappa shape index (κ1) is 14.9. The second-order valence-corrected chi connectivity index (χ2v) is 6.32. The number of para-hydroxylation sites is 1. The monoisotopic (exact) mass is 323 g/mol. The van der Waals surface area contributed by atoms with E-state index in [1.807, 2.05) is 6.07 Å². The maximum Gasteiger partial charge on any atom is 0.271 e. The van der Waals surface area contributed by atoms with Crippen LogP contribution in [-0.2, 0) is 0 Å². The number of benzene rings is 1. The molecule has 1 aromatic heterocycles. The van der Waals surface area contributed by atoms with Crippen LogP contribution in [0.4, 0.5) is 11.5 Å². The molecule has 1 saturated heterocycles. The first-order valence-electron chi connectivity index (χ1n) is 8.47. The summed E-state index contributed by atoms with van der Waals surface area (Å²) in [7, 11) is 0. The highest BCUT2D eigenvalue weighted by atomic mass is 16.2. The summed E-state index contributed by atoms with van der Waals surface area (Å²) in [6.45, 7) is 3.71. The molecule has 1 aliphatic heterocycles. The molecule has 1 N–H and O–H groups in total. The van der Waals surface area contributed by atoms with Crippen molar-refractivity contribution in [2.45, 2.75) is 18.9 Å². The molecule has 1 aliphatic carbocycles. The molecule has 0 bridgehead atoms. The smallest absolute Gasteiger partial charge is 0.271 e. The van der Waals surface area contributed by atoms with E-state index in [-0.39, 0.29) is 5.91 Å². The van der Waals surface area contributed by atoms with Gasteiger partial charge >= 0.3 is 0 Å². The number of nitrogens with one attached hydrogen (secondary N) is 1. The molecule has 2 heterocycles. The van der Waals surface area contributed by atoms with E-state index in [0.717, 1.165) is 44.8 Å². The molecule has 0 radical (unpaired) electrons. The Morgan fingerprint density at radius 3 is 2.29 bits per heavy atom. The van der Waals surface area contributed by atoms with E-state index in [2.05, 4.69) is 49.4 Å². The molecule has 4 rings (SSSR count). The Morgan fingerprint density at radius 2 is 1.67 bits per heavy atom. The molecule has 1 aromatic carbocycles. The minimum atomic E-state index is -0.120. The number of carbonyl (C=O) groups excluding carboxylic acids is 1. The van der Waals surface area contributed by atoms with Gasteiger partial charge in [-0.25, -0.2) is 9.97 Å². The van der Waals surface area contributed by atoms with E-state index in [4.69, 9.17) is 0 Å². The number of carbonyl (C=O) groups is 1. The second kappa shape index (κ2) is 6.47. The average Bonchev–Trinajstić information content (AvgIpc) is 3.47. The van der Waals surface area contributed by atoms with E-state index >= 15 is 0 Å². The molecular weight excluding hydrogens is 302 g/mol. The minimum absolute atomic E-state index is 0.120. The van der Waals surface area contributed by atoms with E-state index in [1.165, 1.54) is 5.69 Å². The third-order valence-electron chi connectivity index (χ3n) is 4.51. The quantitative estimate of drug-likeness (QED) is 0.928. The van der Waals surface area contributed by atoms with Gasteiger partial charge in [-0.1, -0.05) is 18.2 Å². The Bertz CT molecular complexity index is 691. The zero-order valence-electron chi connectivity index (χ0n) is 13.6. The Kier molecular flexibility index (Phi) is 4.02. The third kappa shape index (κ3) is 3.32. The number of amides is 1. The first-order chi connectivity index (χ1) is 11.8. The lowest BCUT2D eigenvalue weighted by molar-refractivity contribution is 0.0945. The van der Waals surface area contributed by atoms with Gasteiger partial charge in [-0.05, 0) is 25.0 Å². The average molecular weight is 323 g/mol. The van der Waals surface area contributed by atoms with E-state index in [1.54, 1.807) is 12.4 Å². The van der Waals surface area contributed by atoms with Crippen LogP contribution in [-0.4, -0.2) is 48.1 Å². The van der Waals surface area contributed by atoms with Crippen LogP contribution in [0, 0.1) is 0 Å². The van der Waals surface area contributed by atoms with Gasteiger partial charge in [0.15, 0.2) is 0 Å². The highest BCUT2D eigenvalue weighted by molar-refractivity contribution is 5.92. The number of anilines is 2. The van der Waals surface area contributed by atoms with Crippen molar-refractivity contribution >= 4 is 17.4 Å². The van der Waals surface area contributed by atoms with Crippen molar-refractivity contribution in [2.24, 2.45) is 0 Å². The SMILES string of the molecule is O=C(NC1CC1)c1cnc(N2CCN(c3ccccc3)CC2)cn1. The van der Waals surface area contributed by atoms with Crippen molar-refractivity contribution in [3.63, 3.8) is 0 Å². The number of rotatable bonds is 4. The van der Waals surface area contributed by atoms with Gasteiger partial charge in [-0.2, -0.15) is 0 Å². The molecule has 1 amide bonds. The summed E-state index contributed by atoms with van der Waals surface area (Å²) in [5, 5.41) is 2.93. The van der Waals surface area contributed by atoms with Crippen LogP contribution in [0.15, 0.2) is 42.7 Å². The maximum absolute atomic E-state index is 11.9. The second-order valence-electron chi connectivity index (χ2n) is 6.32. The number of hydrogen-bond donors (Lipinski definition) is 1. The number of piperazine rings is 1. The van der Waals surface area contributed by atoms with Crippen molar-refractivity contribution in [1.82, 2.24) is 15.3 Å².